The predicted molar refractivity (Wildman–Crippen MR) is 101 cm³/mol. The maximum Gasteiger partial charge on any atom is 0.307 e. The molecule has 28 heavy (non-hydrogen) atoms. The molecule has 0 radical (unpaired) electrons. The van der Waals surface area contributed by atoms with Gasteiger partial charge in [0.2, 0.25) is 0 Å². The third-order valence-corrected chi connectivity index (χ3v) is 4.76. The molecule has 0 bridgehead atoms. The summed E-state index contributed by atoms with van der Waals surface area (Å²) < 4.78 is 27.5. The summed E-state index contributed by atoms with van der Waals surface area (Å²) in [6.45, 7) is 2.07. The van der Waals surface area contributed by atoms with Crippen molar-refractivity contribution in [1.82, 2.24) is 4.90 Å². The molecule has 2 aromatic rings. The zero-order chi connectivity index (χ0) is 19.9. The summed E-state index contributed by atoms with van der Waals surface area (Å²) >= 11 is 0. The minimum atomic E-state index is -0.776. The van der Waals surface area contributed by atoms with Gasteiger partial charge in [0.05, 0.1) is 5.92 Å². The molecular formula is C21H22F2N2O3. The number of carbonyl (C=O) groups is 1. The van der Waals surface area contributed by atoms with Crippen molar-refractivity contribution in [2.24, 2.45) is 11.1 Å². The van der Waals surface area contributed by atoms with Gasteiger partial charge in [0.1, 0.15) is 24.0 Å². The van der Waals surface area contributed by atoms with Gasteiger partial charge in [-0.3, -0.25) is 9.69 Å². The van der Waals surface area contributed by atoms with Crippen LogP contribution in [0.5, 0.6) is 0 Å². The monoisotopic (exact) mass is 388 g/mol. The third-order valence-electron chi connectivity index (χ3n) is 4.76. The third kappa shape index (κ3) is 5.13. The minimum Gasteiger partial charge on any atom is -0.481 e. The lowest BCUT2D eigenvalue weighted by Gasteiger charge is -2.29. The van der Waals surface area contributed by atoms with E-state index < -0.39 is 17.6 Å². The molecule has 1 N–H and O–H groups in total. The van der Waals surface area contributed by atoms with Crippen molar-refractivity contribution in [3.05, 3.63) is 71.3 Å². The van der Waals surface area contributed by atoms with Crippen molar-refractivity contribution in [3.8, 4) is 0 Å². The Morgan fingerprint density at radius 2 is 1.93 bits per heavy atom. The maximum absolute atomic E-state index is 14.2. The van der Waals surface area contributed by atoms with Gasteiger partial charge in [0.25, 0.3) is 0 Å². The second kappa shape index (κ2) is 9.41. The Bertz CT molecular complexity index is 840. The molecule has 0 saturated carbocycles. The molecule has 148 valence electrons. The number of carboxylic acids is 1. The van der Waals surface area contributed by atoms with E-state index in [4.69, 9.17) is 9.94 Å². The molecule has 1 saturated heterocycles. The molecule has 0 aliphatic carbocycles. The molecule has 1 atom stereocenters. The van der Waals surface area contributed by atoms with Crippen molar-refractivity contribution in [2.75, 3.05) is 26.2 Å². The Morgan fingerprint density at radius 1 is 1.18 bits per heavy atom. The van der Waals surface area contributed by atoms with E-state index in [0.29, 0.717) is 25.1 Å². The molecule has 0 spiro atoms. The summed E-state index contributed by atoms with van der Waals surface area (Å²) in [7, 11) is 0. The number of piperidine rings is 1. The van der Waals surface area contributed by atoms with Crippen LogP contribution in [-0.4, -0.2) is 47.9 Å². The van der Waals surface area contributed by atoms with Crippen molar-refractivity contribution < 1.29 is 23.5 Å². The van der Waals surface area contributed by atoms with Crippen LogP contribution in [0.15, 0.2) is 53.7 Å². The lowest BCUT2D eigenvalue weighted by Crippen LogP contribution is -2.40. The number of likely N-dealkylation sites (tertiary alicyclic amines) is 1. The largest absolute Gasteiger partial charge is 0.481 e. The van der Waals surface area contributed by atoms with Gasteiger partial charge in [-0.15, -0.1) is 0 Å². The Kier molecular flexibility index (Phi) is 6.71. The highest BCUT2D eigenvalue weighted by molar-refractivity contribution is 6.12. The van der Waals surface area contributed by atoms with Crippen LogP contribution in [-0.2, 0) is 9.63 Å². The Labute approximate surface area is 162 Å². The predicted octanol–water partition coefficient (Wildman–Crippen LogP) is 3.53. The van der Waals surface area contributed by atoms with Crippen LogP contribution in [0.25, 0.3) is 0 Å². The van der Waals surface area contributed by atoms with Gasteiger partial charge in [0, 0.05) is 24.2 Å². The first-order valence-electron chi connectivity index (χ1n) is 9.20. The Morgan fingerprint density at radius 3 is 2.64 bits per heavy atom. The molecule has 7 heteroatoms. The number of hydrogen-bond acceptors (Lipinski definition) is 4. The molecule has 0 aromatic heterocycles. The van der Waals surface area contributed by atoms with Crippen LogP contribution < -0.4 is 0 Å². The first-order chi connectivity index (χ1) is 13.5. The number of halogens is 2. The smallest absolute Gasteiger partial charge is 0.307 e. The van der Waals surface area contributed by atoms with Crippen LogP contribution in [0.3, 0.4) is 0 Å². The second-order valence-electron chi connectivity index (χ2n) is 6.74. The van der Waals surface area contributed by atoms with Crippen molar-refractivity contribution in [3.63, 3.8) is 0 Å². The lowest BCUT2D eigenvalue weighted by atomic mass is 9.98. The topological polar surface area (TPSA) is 62.1 Å². The maximum atomic E-state index is 14.2. The molecule has 5 nitrogen and oxygen atoms in total. The first-order valence-corrected chi connectivity index (χ1v) is 9.20. The summed E-state index contributed by atoms with van der Waals surface area (Å²) in [5.74, 6) is -1.97. The molecule has 1 aliphatic rings. The van der Waals surface area contributed by atoms with E-state index in [0.717, 1.165) is 13.0 Å². The van der Waals surface area contributed by atoms with Gasteiger partial charge in [-0.05, 0) is 55.8 Å². The standard InChI is InChI=1S/C21H22F2N2O3/c22-17-9-7-15(8-10-17)20(18-5-1-2-6-19(18)23)24-28-13-12-25-11-3-4-16(14-25)21(26)27/h1-2,5-10,16H,3-4,11-14H2,(H,26,27)/b24-20-/t16-/m1/s1. The van der Waals surface area contributed by atoms with E-state index in [2.05, 4.69) is 5.16 Å². The summed E-state index contributed by atoms with van der Waals surface area (Å²) in [6.07, 6.45) is 1.52. The zero-order valence-electron chi connectivity index (χ0n) is 15.4. The average Bonchev–Trinajstić information content (AvgIpc) is 2.70. The molecular weight excluding hydrogens is 366 g/mol. The molecule has 1 heterocycles. The molecule has 1 fully saturated rings. The number of aliphatic carboxylic acids is 1. The molecule has 0 amide bonds. The van der Waals surface area contributed by atoms with Crippen LogP contribution >= 0.6 is 0 Å². The number of nitrogens with zero attached hydrogens (tertiary/aromatic N) is 2. The fourth-order valence-corrected chi connectivity index (χ4v) is 3.26. The zero-order valence-corrected chi connectivity index (χ0v) is 15.4. The molecule has 3 rings (SSSR count). The summed E-state index contributed by atoms with van der Waals surface area (Å²) in [4.78, 5) is 18.6. The minimum absolute atomic E-state index is 0.242. The fourth-order valence-electron chi connectivity index (χ4n) is 3.26. The lowest BCUT2D eigenvalue weighted by molar-refractivity contribution is -0.143. The molecule has 0 unspecified atom stereocenters. The van der Waals surface area contributed by atoms with Gasteiger partial charge in [-0.25, -0.2) is 8.78 Å². The highest BCUT2D eigenvalue weighted by Gasteiger charge is 2.25. The van der Waals surface area contributed by atoms with Crippen molar-refractivity contribution in [2.45, 2.75) is 12.8 Å². The number of oxime groups is 1. The fraction of sp³-hybridized carbons (Fsp3) is 0.333. The van der Waals surface area contributed by atoms with Crippen molar-refractivity contribution in [1.29, 1.82) is 0 Å². The Balaban J connectivity index is 1.69. The number of rotatable bonds is 7. The van der Waals surface area contributed by atoms with Crippen LogP contribution in [0.1, 0.15) is 24.0 Å². The van der Waals surface area contributed by atoms with Gasteiger partial charge in [-0.2, -0.15) is 0 Å². The van der Waals surface area contributed by atoms with E-state index >= 15 is 0 Å². The summed E-state index contributed by atoms with van der Waals surface area (Å²) in [5.41, 5.74) is 1.08. The number of benzene rings is 2. The average molecular weight is 388 g/mol. The van der Waals surface area contributed by atoms with Gasteiger partial charge >= 0.3 is 5.97 Å². The van der Waals surface area contributed by atoms with E-state index in [1.54, 1.807) is 18.2 Å². The number of carboxylic acid groups (broad SMARTS) is 1. The van der Waals surface area contributed by atoms with Crippen LogP contribution in [0.2, 0.25) is 0 Å². The van der Waals surface area contributed by atoms with Gasteiger partial charge < -0.3 is 9.94 Å². The Hall–Kier alpha value is -2.80. The second-order valence-corrected chi connectivity index (χ2v) is 6.74. The highest BCUT2D eigenvalue weighted by Crippen LogP contribution is 2.17. The van der Waals surface area contributed by atoms with Gasteiger partial charge in [0.15, 0.2) is 0 Å². The highest BCUT2D eigenvalue weighted by atomic mass is 19.1. The molecule has 1 aliphatic heterocycles. The van der Waals surface area contributed by atoms with E-state index in [-0.39, 0.29) is 23.8 Å². The summed E-state index contributed by atoms with van der Waals surface area (Å²) in [6, 6.07) is 11.8. The van der Waals surface area contributed by atoms with E-state index in [1.165, 1.54) is 30.3 Å². The SMILES string of the molecule is O=C(O)[C@@H]1CCCN(CCO/N=C(/c2ccc(F)cc2)c2ccccc2F)C1. The normalized spacial score (nSPS) is 18.1. The van der Waals surface area contributed by atoms with Crippen LogP contribution in [0.4, 0.5) is 8.78 Å². The number of hydrogen-bond donors (Lipinski definition) is 1. The van der Waals surface area contributed by atoms with E-state index in [1.807, 2.05) is 4.90 Å². The molecule has 2 aromatic carbocycles. The quantitative estimate of drug-likeness (QED) is 0.448. The van der Waals surface area contributed by atoms with Gasteiger partial charge in [-0.1, -0.05) is 17.3 Å². The van der Waals surface area contributed by atoms with Crippen molar-refractivity contribution >= 4 is 11.7 Å². The first kappa shape index (κ1) is 19.9. The van der Waals surface area contributed by atoms with E-state index in [9.17, 15) is 13.6 Å². The van der Waals surface area contributed by atoms with Crippen LogP contribution in [0, 0.1) is 17.6 Å². The summed E-state index contributed by atoms with van der Waals surface area (Å²) in [5, 5.41) is 13.3.